The third-order valence-corrected chi connectivity index (χ3v) is 8.66. The molecule has 0 unspecified atom stereocenters. The first kappa shape index (κ1) is 24.0. The lowest BCUT2D eigenvalue weighted by atomic mass is 9.79. The van der Waals surface area contributed by atoms with Gasteiger partial charge in [-0.05, 0) is 73.6 Å². The predicted molar refractivity (Wildman–Crippen MR) is 115 cm³/mol. The second-order valence-electron chi connectivity index (χ2n) is 9.30. The van der Waals surface area contributed by atoms with Crippen LogP contribution in [-0.4, -0.2) is 48.6 Å². The summed E-state index contributed by atoms with van der Waals surface area (Å²) in [5.41, 5.74) is 2.14. The van der Waals surface area contributed by atoms with E-state index in [0.29, 0.717) is 36.4 Å². The fourth-order valence-corrected chi connectivity index (χ4v) is 7.28. The molecule has 1 heterocycles. The Morgan fingerprint density at radius 3 is 2.55 bits per heavy atom. The van der Waals surface area contributed by atoms with Crippen molar-refractivity contribution in [3.05, 3.63) is 34.9 Å². The maximum atomic E-state index is 13.0. The summed E-state index contributed by atoms with van der Waals surface area (Å²) in [7, 11) is -4.19. The average Bonchev–Trinajstić information content (AvgIpc) is 3.08. The Kier molecular flexibility index (Phi) is 6.51. The van der Waals surface area contributed by atoms with Gasteiger partial charge in [0.1, 0.15) is 6.54 Å². The average molecular weight is 485 g/mol. The van der Waals surface area contributed by atoms with Crippen LogP contribution in [-0.2, 0) is 27.8 Å². The maximum Gasteiger partial charge on any atom is 0.402 e. The highest BCUT2D eigenvalue weighted by Crippen LogP contribution is 2.50. The van der Waals surface area contributed by atoms with Crippen LogP contribution in [0.4, 0.5) is 13.2 Å². The number of hydrogen-bond donors (Lipinski definition) is 2. The molecule has 1 saturated heterocycles. The van der Waals surface area contributed by atoms with E-state index in [-0.39, 0.29) is 24.8 Å². The monoisotopic (exact) mass is 484 g/mol. The van der Waals surface area contributed by atoms with Crippen molar-refractivity contribution >= 4 is 16.2 Å². The number of nitrogens with one attached hydrogen (secondary N) is 1. The van der Waals surface area contributed by atoms with Crippen LogP contribution in [0.25, 0.3) is 0 Å². The fourth-order valence-electron chi connectivity index (χ4n) is 5.58. The summed E-state index contributed by atoms with van der Waals surface area (Å²) in [5, 5.41) is 8.67. The molecular formula is C23H27F3N2O4S. The van der Waals surface area contributed by atoms with E-state index in [2.05, 4.69) is 16.6 Å². The Labute approximate surface area is 191 Å². The van der Waals surface area contributed by atoms with Crippen molar-refractivity contribution < 1.29 is 31.5 Å². The number of rotatable bonds is 5. The van der Waals surface area contributed by atoms with Crippen molar-refractivity contribution in [2.75, 3.05) is 13.1 Å². The van der Waals surface area contributed by atoms with Crippen molar-refractivity contribution in [1.29, 1.82) is 0 Å². The van der Waals surface area contributed by atoms with E-state index in [9.17, 15) is 26.4 Å². The summed E-state index contributed by atoms with van der Waals surface area (Å²) in [6.07, 6.45) is 0.222. The van der Waals surface area contributed by atoms with Crippen LogP contribution in [0.5, 0.6) is 0 Å². The molecule has 1 saturated carbocycles. The van der Waals surface area contributed by atoms with Crippen LogP contribution in [0.2, 0.25) is 0 Å². The van der Waals surface area contributed by atoms with Gasteiger partial charge in [-0.1, -0.05) is 17.9 Å². The zero-order valence-corrected chi connectivity index (χ0v) is 18.9. The van der Waals surface area contributed by atoms with Crippen LogP contribution >= 0.6 is 0 Å². The van der Waals surface area contributed by atoms with E-state index in [4.69, 9.17) is 5.11 Å². The Morgan fingerprint density at radius 2 is 1.88 bits per heavy atom. The number of aliphatic carboxylic acids is 1. The molecular weight excluding hydrogens is 457 g/mol. The quantitative estimate of drug-likeness (QED) is 0.496. The molecule has 4 rings (SSSR count). The van der Waals surface area contributed by atoms with E-state index >= 15 is 0 Å². The van der Waals surface area contributed by atoms with Gasteiger partial charge in [-0.3, -0.25) is 4.79 Å². The van der Waals surface area contributed by atoms with Crippen LogP contribution < -0.4 is 4.72 Å². The summed E-state index contributed by atoms with van der Waals surface area (Å²) in [6.45, 7) is -1.62. The first-order valence-corrected chi connectivity index (χ1v) is 12.6. The van der Waals surface area contributed by atoms with Crippen LogP contribution in [0.15, 0.2) is 18.2 Å². The first-order valence-electron chi connectivity index (χ1n) is 11.2. The number of unbranched alkanes of at least 4 members (excludes halogenated alkanes) is 2. The Hall–Kier alpha value is -2.09. The molecule has 1 aromatic carbocycles. The van der Waals surface area contributed by atoms with Gasteiger partial charge in [-0.2, -0.15) is 30.6 Å². The van der Waals surface area contributed by atoms with E-state index in [1.54, 1.807) is 0 Å². The molecule has 1 aromatic rings. The highest BCUT2D eigenvalue weighted by Gasteiger charge is 2.60. The van der Waals surface area contributed by atoms with Gasteiger partial charge in [0.05, 0.1) is 5.54 Å². The minimum absolute atomic E-state index is 0.0528. The Bertz CT molecular complexity index is 1090. The normalized spacial score (nSPS) is 28.2. The summed E-state index contributed by atoms with van der Waals surface area (Å²) in [6, 6.07) is 5.92. The van der Waals surface area contributed by atoms with E-state index in [1.807, 2.05) is 18.2 Å². The number of nitrogens with zero attached hydrogens (tertiary/aromatic N) is 1. The third kappa shape index (κ3) is 5.20. The fraction of sp³-hybridized carbons (Fsp3) is 0.609. The topological polar surface area (TPSA) is 86.7 Å². The van der Waals surface area contributed by atoms with Gasteiger partial charge in [-0.25, -0.2) is 0 Å². The number of carbonyl (C=O) groups is 1. The second-order valence-corrected chi connectivity index (χ2v) is 11.0. The number of fused-ring (bicyclic) bond motifs is 1. The van der Waals surface area contributed by atoms with Crippen LogP contribution in [0.1, 0.15) is 55.2 Å². The number of halogens is 3. The van der Waals surface area contributed by atoms with Crippen molar-refractivity contribution in [3.63, 3.8) is 0 Å². The molecule has 1 aliphatic heterocycles. The maximum absolute atomic E-state index is 13.0. The molecule has 3 aliphatic rings. The highest BCUT2D eigenvalue weighted by molar-refractivity contribution is 7.87. The number of carboxylic acids is 1. The smallest absolute Gasteiger partial charge is 0.402 e. The molecule has 0 amide bonds. The molecule has 1 spiro atoms. The summed E-state index contributed by atoms with van der Waals surface area (Å²) < 4.78 is 67.3. The number of alkyl halides is 3. The van der Waals surface area contributed by atoms with Crippen LogP contribution in [0.3, 0.4) is 0 Å². The van der Waals surface area contributed by atoms with Crippen LogP contribution in [0, 0.1) is 23.7 Å². The summed E-state index contributed by atoms with van der Waals surface area (Å²) >= 11 is 0. The highest BCUT2D eigenvalue weighted by atomic mass is 32.2. The standard InChI is InChI=1S/C23H27F3N2O4S/c24-23(25,26)15-28-14-22(27-33(28,31)32)19-9-10-20(22)13-18-11-16(7-8-17(18)12-19)5-3-1-2-4-6-21(29)30/h7-8,11,19-20,27H,1-2,4,6,9-10,12-15H2,(H,29,30)/t19-,20+,22+/m0/s1. The molecule has 180 valence electrons. The van der Waals surface area contributed by atoms with E-state index in [0.717, 1.165) is 29.5 Å². The van der Waals surface area contributed by atoms with E-state index < -0.39 is 34.4 Å². The lowest BCUT2D eigenvalue weighted by Gasteiger charge is -2.33. The zero-order valence-electron chi connectivity index (χ0n) is 18.1. The molecule has 0 radical (unpaired) electrons. The van der Waals surface area contributed by atoms with Gasteiger partial charge in [0.2, 0.25) is 0 Å². The molecule has 0 aromatic heterocycles. The molecule has 2 aliphatic carbocycles. The second kappa shape index (κ2) is 8.93. The lowest BCUT2D eigenvalue weighted by Crippen LogP contribution is -2.52. The van der Waals surface area contributed by atoms with E-state index in [1.165, 1.54) is 0 Å². The van der Waals surface area contributed by atoms with Crippen molar-refractivity contribution in [1.82, 2.24) is 9.03 Å². The Balaban J connectivity index is 1.50. The number of hydrogen-bond acceptors (Lipinski definition) is 3. The molecule has 2 fully saturated rings. The molecule has 10 heteroatoms. The van der Waals surface area contributed by atoms with Crippen molar-refractivity contribution in [2.45, 2.75) is 63.1 Å². The summed E-state index contributed by atoms with van der Waals surface area (Å²) in [5.74, 6) is 5.24. The number of benzene rings is 1. The Morgan fingerprint density at radius 1 is 1.18 bits per heavy atom. The SMILES string of the molecule is O=C(O)CCCCC#Cc1ccc2c(c1)C[C@H]1CC[C@@H](C2)[C@]12CN(CC(F)(F)F)S(=O)(=O)N2. The van der Waals surface area contributed by atoms with Gasteiger partial charge in [-0.15, -0.1) is 0 Å². The van der Waals surface area contributed by atoms with Gasteiger partial charge in [0.25, 0.3) is 10.2 Å². The molecule has 2 bridgehead atoms. The van der Waals surface area contributed by atoms with Gasteiger partial charge < -0.3 is 5.11 Å². The minimum Gasteiger partial charge on any atom is -0.481 e. The molecule has 2 N–H and O–H groups in total. The van der Waals surface area contributed by atoms with Gasteiger partial charge in [0, 0.05) is 24.9 Å². The third-order valence-electron chi connectivity index (χ3n) is 7.09. The summed E-state index contributed by atoms with van der Waals surface area (Å²) in [4.78, 5) is 10.6. The van der Waals surface area contributed by atoms with Gasteiger partial charge in [0.15, 0.2) is 0 Å². The largest absolute Gasteiger partial charge is 0.481 e. The predicted octanol–water partition coefficient (Wildman–Crippen LogP) is 3.26. The zero-order chi connectivity index (χ0) is 23.9. The minimum atomic E-state index is -4.59. The molecule has 3 atom stereocenters. The molecule has 6 nitrogen and oxygen atoms in total. The van der Waals surface area contributed by atoms with Crippen molar-refractivity contribution in [2.24, 2.45) is 11.8 Å². The lowest BCUT2D eigenvalue weighted by molar-refractivity contribution is -0.137. The molecule has 33 heavy (non-hydrogen) atoms. The van der Waals surface area contributed by atoms with Crippen molar-refractivity contribution in [3.8, 4) is 11.8 Å². The first-order chi connectivity index (χ1) is 15.5. The number of carboxylic acid groups (broad SMARTS) is 1. The van der Waals surface area contributed by atoms with Gasteiger partial charge >= 0.3 is 12.1 Å².